The van der Waals surface area contributed by atoms with Crippen LogP contribution in [0.4, 0.5) is 0 Å². The predicted octanol–water partition coefficient (Wildman–Crippen LogP) is 3.07. The fourth-order valence-electron chi connectivity index (χ4n) is 2.97. The smallest absolute Gasteiger partial charge is 0.273 e. The molecule has 1 aromatic carbocycles. The molecular weight excluding hydrogens is 294 g/mol. The van der Waals surface area contributed by atoms with Crippen molar-refractivity contribution >= 4 is 17.2 Å². The molecule has 0 aliphatic carbocycles. The minimum atomic E-state index is 0.0197. The second-order valence-electron chi connectivity index (χ2n) is 5.74. The molecule has 2 aromatic rings. The van der Waals surface area contributed by atoms with Gasteiger partial charge >= 0.3 is 0 Å². The van der Waals surface area contributed by atoms with Gasteiger partial charge in [-0.25, -0.2) is 4.98 Å². The Morgan fingerprint density at radius 2 is 2.23 bits per heavy atom. The number of rotatable bonds is 3. The molecule has 0 bridgehead atoms. The molecular formula is C17H21N3OS. The van der Waals surface area contributed by atoms with Gasteiger partial charge in [-0.3, -0.25) is 4.79 Å². The van der Waals surface area contributed by atoms with Crippen LogP contribution in [0.3, 0.4) is 0 Å². The van der Waals surface area contributed by atoms with E-state index in [0.29, 0.717) is 12.2 Å². The third-order valence-electron chi connectivity index (χ3n) is 4.26. The second-order valence-corrected chi connectivity index (χ2v) is 6.59. The van der Waals surface area contributed by atoms with Crippen molar-refractivity contribution in [2.24, 2.45) is 5.73 Å². The molecule has 0 spiro atoms. The number of likely N-dealkylation sites (tertiary alicyclic amines) is 1. The third-order valence-corrected chi connectivity index (χ3v) is 5.13. The largest absolute Gasteiger partial charge is 0.333 e. The Bertz CT molecular complexity index is 667. The molecule has 1 atom stereocenters. The van der Waals surface area contributed by atoms with Crippen LogP contribution < -0.4 is 5.73 Å². The van der Waals surface area contributed by atoms with Gasteiger partial charge in [0.1, 0.15) is 10.7 Å². The molecule has 5 heteroatoms. The zero-order valence-electron chi connectivity index (χ0n) is 12.8. The van der Waals surface area contributed by atoms with Crippen LogP contribution in [0.1, 0.15) is 35.3 Å². The quantitative estimate of drug-likeness (QED) is 0.947. The number of hydrogen-bond acceptors (Lipinski definition) is 4. The molecule has 0 saturated carbocycles. The van der Waals surface area contributed by atoms with E-state index in [-0.39, 0.29) is 11.9 Å². The number of amides is 1. The lowest BCUT2D eigenvalue weighted by molar-refractivity contribution is 0.0618. The average molecular weight is 315 g/mol. The Balaban J connectivity index is 1.84. The van der Waals surface area contributed by atoms with Crippen molar-refractivity contribution in [3.8, 4) is 10.6 Å². The number of benzene rings is 1. The highest BCUT2D eigenvalue weighted by molar-refractivity contribution is 7.13. The Hall–Kier alpha value is -1.72. The van der Waals surface area contributed by atoms with Crippen LogP contribution in [0.5, 0.6) is 0 Å². The molecule has 1 aliphatic rings. The number of hydrogen-bond donors (Lipinski definition) is 1. The summed E-state index contributed by atoms with van der Waals surface area (Å²) >= 11 is 1.53. The summed E-state index contributed by atoms with van der Waals surface area (Å²) in [7, 11) is 0. The number of thiazole rings is 1. The van der Waals surface area contributed by atoms with Crippen LogP contribution in [-0.4, -0.2) is 34.9 Å². The van der Waals surface area contributed by atoms with Crippen LogP contribution in [0, 0.1) is 6.92 Å². The molecule has 1 amide bonds. The normalized spacial score (nSPS) is 18.5. The van der Waals surface area contributed by atoms with E-state index in [9.17, 15) is 4.79 Å². The summed E-state index contributed by atoms with van der Waals surface area (Å²) < 4.78 is 0. The molecule has 0 radical (unpaired) electrons. The van der Waals surface area contributed by atoms with E-state index >= 15 is 0 Å². The first-order valence-electron chi connectivity index (χ1n) is 7.73. The van der Waals surface area contributed by atoms with Crippen molar-refractivity contribution in [2.45, 2.75) is 32.2 Å². The number of piperidine rings is 1. The molecule has 116 valence electrons. The lowest BCUT2D eigenvalue weighted by Crippen LogP contribution is -2.47. The lowest BCUT2D eigenvalue weighted by atomic mass is 10.0. The monoisotopic (exact) mass is 315 g/mol. The predicted molar refractivity (Wildman–Crippen MR) is 90.0 cm³/mol. The zero-order valence-corrected chi connectivity index (χ0v) is 13.6. The highest BCUT2D eigenvalue weighted by Gasteiger charge is 2.27. The molecule has 4 nitrogen and oxygen atoms in total. The molecule has 2 heterocycles. The molecule has 1 fully saturated rings. The minimum Gasteiger partial charge on any atom is -0.333 e. The Labute approximate surface area is 135 Å². The fourth-order valence-corrected chi connectivity index (χ4v) is 3.85. The Morgan fingerprint density at radius 3 is 3.00 bits per heavy atom. The van der Waals surface area contributed by atoms with Crippen LogP contribution in [0.15, 0.2) is 29.6 Å². The van der Waals surface area contributed by atoms with E-state index in [2.05, 4.69) is 18.0 Å². The average Bonchev–Trinajstić information content (AvgIpc) is 3.04. The summed E-state index contributed by atoms with van der Waals surface area (Å²) in [5.41, 5.74) is 8.63. The fraction of sp³-hybridized carbons (Fsp3) is 0.412. The van der Waals surface area contributed by atoms with Gasteiger partial charge in [-0.05, 0) is 31.7 Å². The molecule has 3 rings (SSSR count). The molecule has 1 aliphatic heterocycles. The first-order valence-corrected chi connectivity index (χ1v) is 8.61. The van der Waals surface area contributed by atoms with Crippen molar-refractivity contribution in [1.29, 1.82) is 0 Å². The highest BCUT2D eigenvalue weighted by Crippen LogP contribution is 2.28. The van der Waals surface area contributed by atoms with Crippen LogP contribution in [0.25, 0.3) is 10.6 Å². The summed E-state index contributed by atoms with van der Waals surface area (Å²) in [4.78, 5) is 19.2. The van der Waals surface area contributed by atoms with Crippen LogP contribution in [0.2, 0.25) is 0 Å². The standard InChI is InChI=1S/C17H21N3OS/c1-12-6-2-3-8-14(12)16-19-15(11-22-16)17(21)20-9-5-4-7-13(20)10-18/h2-3,6,8,11,13H,4-5,7,9-10,18H2,1H3. The van der Waals surface area contributed by atoms with Gasteiger partial charge in [-0.1, -0.05) is 24.3 Å². The maximum absolute atomic E-state index is 12.7. The Kier molecular flexibility index (Phi) is 4.55. The van der Waals surface area contributed by atoms with Crippen molar-refractivity contribution in [2.75, 3.05) is 13.1 Å². The maximum atomic E-state index is 12.7. The molecule has 1 saturated heterocycles. The number of nitrogens with two attached hydrogens (primary N) is 1. The summed E-state index contributed by atoms with van der Waals surface area (Å²) in [6.07, 6.45) is 3.20. The lowest BCUT2D eigenvalue weighted by Gasteiger charge is -2.34. The summed E-state index contributed by atoms with van der Waals surface area (Å²) in [5, 5.41) is 2.77. The van der Waals surface area contributed by atoms with Gasteiger partial charge in [0.2, 0.25) is 0 Å². The molecule has 1 aromatic heterocycles. The van der Waals surface area contributed by atoms with E-state index < -0.39 is 0 Å². The van der Waals surface area contributed by atoms with Crippen LogP contribution >= 0.6 is 11.3 Å². The van der Waals surface area contributed by atoms with E-state index in [1.165, 1.54) is 16.9 Å². The van der Waals surface area contributed by atoms with Gasteiger partial charge < -0.3 is 10.6 Å². The van der Waals surface area contributed by atoms with Crippen molar-refractivity contribution < 1.29 is 4.79 Å². The molecule has 2 N–H and O–H groups in total. The number of aryl methyl sites for hydroxylation is 1. The number of carbonyl (C=O) groups is 1. The minimum absolute atomic E-state index is 0.0197. The maximum Gasteiger partial charge on any atom is 0.273 e. The van der Waals surface area contributed by atoms with Crippen LogP contribution in [-0.2, 0) is 0 Å². The van der Waals surface area contributed by atoms with Gasteiger partial charge in [-0.15, -0.1) is 11.3 Å². The first-order chi connectivity index (χ1) is 10.7. The summed E-state index contributed by atoms with van der Waals surface area (Å²) in [6.45, 7) is 3.38. The van der Waals surface area contributed by atoms with Gasteiger partial charge in [0.05, 0.1) is 0 Å². The van der Waals surface area contributed by atoms with E-state index in [1.54, 1.807) is 0 Å². The Morgan fingerprint density at radius 1 is 1.41 bits per heavy atom. The summed E-state index contributed by atoms with van der Waals surface area (Å²) in [6, 6.07) is 8.28. The van der Waals surface area contributed by atoms with E-state index in [4.69, 9.17) is 5.73 Å². The third kappa shape index (κ3) is 2.91. The second kappa shape index (κ2) is 6.58. The number of aromatic nitrogens is 1. The van der Waals surface area contributed by atoms with Gasteiger partial charge in [-0.2, -0.15) is 0 Å². The highest BCUT2D eigenvalue weighted by atomic mass is 32.1. The van der Waals surface area contributed by atoms with Gasteiger partial charge in [0.25, 0.3) is 5.91 Å². The SMILES string of the molecule is Cc1ccccc1-c1nc(C(=O)N2CCCCC2CN)cs1. The van der Waals surface area contributed by atoms with Crippen molar-refractivity contribution in [3.63, 3.8) is 0 Å². The first kappa shape index (κ1) is 15.2. The summed E-state index contributed by atoms with van der Waals surface area (Å²) in [5.74, 6) is 0.0197. The van der Waals surface area contributed by atoms with E-state index in [0.717, 1.165) is 36.4 Å². The van der Waals surface area contributed by atoms with Gasteiger partial charge in [0.15, 0.2) is 0 Å². The number of nitrogens with zero attached hydrogens (tertiary/aromatic N) is 2. The number of carbonyl (C=O) groups excluding carboxylic acids is 1. The van der Waals surface area contributed by atoms with E-state index in [1.807, 2.05) is 28.5 Å². The van der Waals surface area contributed by atoms with Crippen molar-refractivity contribution in [1.82, 2.24) is 9.88 Å². The molecule has 22 heavy (non-hydrogen) atoms. The molecule has 1 unspecified atom stereocenters. The van der Waals surface area contributed by atoms with Gasteiger partial charge in [0, 0.05) is 30.1 Å². The topological polar surface area (TPSA) is 59.2 Å². The van der Waals surface area contributed by atoms with Crippen molar-refractivity contribution in [3.05, 3.63) is 40.9 Å². The zero-order chi connectivity index (χ0) is 15.5.